The summed E-state index contributed by atoms with van der Waals surface area (Å²) in [6.45, 7) is 7.29. The molecule has 0 saturated heterocycles. The lowest BCUT2D eigenvalue weighted by atomic mass is 10.3. The monoisotopic (exact) mass is 246 g/mol. The van der Waals surface area contributed by atoms with Crippen LogP contribution in [0, 0.1) is 0 Å². The van der Waals surface area contributed by atoms with Crippen LogP contribution in [0.3, 0.4) is 0 Å². The van der Waals surface area contributed by atoms with Crippen LogP contribution in [-0.4, -0.2) is 66.3 Å². The Morgan fingerprint density at radius 3 is 2.35 bits per heavy atom. The number of hydrogen-bond acceptors (Lipinski definition) is 3. The summed E-state index contributed by atoms with van der Waals surface area (Å²) in [6, 6.07) is -1.12. The third-order valence-electron chi connectivity index (χ3n) is 2.60. The Balaban J connectivity index is 4.36. The van der Waals surface area contributed by atoms with E-state index >= 15 is 0 Å². The molecule has 0 saturated carbocycles. The minimum atomic E-state index is -1.01. The fraction of sp³-hybridized carbons (Fsp3) is 0.818. The first-order valence-corrected chi connectivity index (χ1v) is 5.77. The van der Waals surface area contributed by atoms with Gasteiger partial charge in [-0.05, 0) is 20.8 Å². The maximum atomic E-state index is 11.9. The van der Waals surface area contributed by atoms with E-state index in [4.69, 9.17) is 9.84 Å². The van der Waals surface area contributed by atoms with Gasteiger partial charge in [-0.25, -0.2) is 9.59 Å². The van der Waals surface area contributed by atoms with E-state index in [1.165, 1.54) is 18.9 Å². The number of nitrogens with zero attached hydrogens (tertiary/aromatic N) is 2. The first-order valence-electron chi connectivity index (χ1n) is 5.77. The molecule has 0 aliphatic heterocycles. The standard InChI is InChI=1S/C11H22N2O4/c1-5-13(7-8-17-6-2)11(16)12(4)9(3)10(14)15/h9H,5-8H2,1-4H3,(H,14,15). The molecule has 0 aliphatic carbocycles. The van der Waals surface area contributed by atoms with E-state index < -0.39 is 12.0 Å². The second-order valence-corrected chi connectivity index (χ2v) is 3.68. The highest BCUT2D eigenvalue weighted by molar-refractivity contribution is 5.82. The number of carboxylic acid groups (broad SMARTS) is 1. The lowest BCUT2D eigenvalue weighted by Gasteiger charge is -2.29. The number of carbonyl (C=O) groups is 2. The summed E-state index contributed by atoms with van der Waals surface area (Å²) in [4.78, 5) is 25.5. The molecule has 0 radical (unpaired) electrons. The highest BCUT2D eigenvalue weighted by Gasteiger charge is 2.24. The van der Waals surface area contributed by atoms with Crippen molar-refractivity contribution >= 4 is 12.0 Å². The molecule has 0 rings (SSSR count). The number of aliphatic carboxylic acids is 1. The number of likely N-dealkylation sites (N-methyl/N-ethyl adjacent to an activating group) is 2. The van der Waals surface area contributed by atoms with Gasteiger partial charge < -0.3 is 19.6 Å². The Morgan fingerprint density at radius 1 is 1.35 bits per heavy atom. The molecule has 0 aromatic rings. The molecule has 1 unspecified atom stereocenters. The number of ether oxygens (including phenoxy) is 1. The van der Waals surface area contributed by atoms with Gasteiger partial charge in [0.05, 0.1) is 6.61 Å². The number of hydrogen-bond donors (Lipinski definition) is 1. The Hall–Kier alpha value is -1.30. The van der Waals surface area contributed by atoms with Gasteiger partial charge >= 0.3 is 12.0 Å². The first-order chi connectivity index (χ1) is 7.95. The van der Waals surface area contributed by atoms with Crippen molar-refractivity contribution < 1.29 is 19.4 Å². The van der Waals surface area contributed by atoms with Crippen LogP contribution in [0.1, 0.15) is 20.8 Å². The molecule has 0 bridgehead atoms. The van der Waals surface area contributed by atoms with Crippen LogP contribution in [0.2, 0.25) is 0 Å². The molecule has 2 amide bonds. The lowest BCUT2D eigenvalue weighted by Crippen LogP contribution is -2.48. The van der Waals surface area contributed by atoms with Gasteiger partial charge in [0.2, 0.25) is 0 Å². The minimum absolute atomic E-state index is 0.290. The SMILES string of the molecule is CCOCCN(CC)C(=O)N(C)C(C)C(=O)O. The van der Waals surface area contributed by atoms with Crippen molar-refractivity contribution in [2.24, 2.45) is 0 Å². The van der Waals surface area contributed by atoms with E-state index in [9.17, 15) is 9.59 Å². The molecule has 0 aliphatic rings. The largest absolute Gasteiger partial charge is 0.480 e. The number of carbonyl (C=O) groups excluding carboxylic acids is 1. The third-order valence-corrected chi connectivity index (χ3v) is 2.60. The first kappa shape index (κ1) is 15.7. The average Bonchev–Trinajstić information content (AvgIpc) is 2.32. The fourth-order valence-corrected chi connectivity index (χ4v) is 1.26. The van der Waals surface area contributed by atoms with E-state index in [0.717, 1.165) is 0 Å². The van der Waals surface area contributed by atoms with Crippen molar-refractivity contribution in [3.05, 3.63) is 0 Å². The van der Waals surface area contributed by atoms with Gasteiger partial charge in [-0.2, -0.15) is 0 Å². The molecule has 6 nitrogen and oxygen atoms in total. The molecule has 0 aromatic heterocycles. The van der Waals surface area contributed by atoms with Crippen molar-refractivity contribution in [1.29, 1.82) is 0 Å². The van der Waals surface area contributed by atoms with Gasteiger partial charge in [0.25, 0.3) is 0 Å². The van der Waals surface area contributed by atoms with Gasteiger partial charge in [-0.1, -0.05) is 0 Å². The summed E-state index contributed by atoms with van der Waals surface area (Å²) >= 11 is 0. The Morgan fingerprint density at radius 2 is 1.94 bits per heavy atom. The normalized spacial score (nSPS) is 12.0. The van der Waals surface area contributed by atoms with Crippen molar-refractivity contribution in [1.82, 2.24) is 9.80 Å². The molecule has 0 spiro atoms. The molecule has 1 N–H and O–H groups in total. The van der Waals surface area contributed by atoms with Crippen molar-refractivity contribution in [2.45, 2.75) is 26.8 Å². The van der Waals surface area contributed by atoms with Crippen LogP contribution in [0.15, 0.2) is 0 Å². The van der Waals surface area contributed by atoms with Gasteiger partial charge in [0.1, 0.15) is 6.04 Å². The van der Waals surface area contributed by atoms with Crippen molar-refractivity contribution in [2.75, 3.05) is 33.4 Å². The fourth-order valence-electron chi connectivity index (χ4n) is 1.26. The zero-order valence-corrected chi connectivity index (χ0v) is 11.0. The Labute approximate surface area is 102 Å². The zero-order chi connectivity index (χ0) is 13.4. The summed E-state index contributed by atoms with van der Waals surface area (Å²) in [5.41, 5.74) is 0. The number of urea groups is 1. The van der Waals surface area contributed by atoms with Crippen LogP contribution in [-0.2, 0) is 9.53 Å². The predicted octanol–water partition coefficient (Wildman–Crippen LogP) is 0.870. The maximum Gasteiger partial charge on any atom is 0.326 e. The van der Waals surface area contributed by atoms with Crippen molar-refractivity contribution in [3.8, 4) is 0 Å². The van der Waals surface area contributed by atoms with Crippen LogP contribution < -0.4 is 0 Å². The second kappa shape index (κ2) is 7.89. The topological polar surface area (TPSA) is 70.1 Å². The number of rotatable bonds is 7. The van der Waals surface area contributed by atoms with Crippen molar-refractivity contribution in [3.63, 3.8) is 0 Å². The molecule has 100 valence electrons. The molecule has 1 atom stereocenters. The predicted molar refractivity (Wildman–Crippen MR) is 64.0 cm³/mol. The highest BCUT2D eigenvalue weighted by Crippen LogP contribution is 2.02. The summed E-state index contributed by atoms with van der Waals surface area (Å²) in [7, 11) is 1.49. The van der Waals surface area contributed by atoms with Crippen LogP contribution in [0.4, 0.5) is 4.79 Å². The van der Waals surface area contributed by atoms with Crippen LogP contribution in [0.25, 0.3) is 0 Å². The molecule has 0 fully saturated rings. The van der Waals surface area contributed by atoms with Gasteiger partial charge in [0, 0.05) is 26.7 Å². The Bertz CT molecular complexity index is 258. The molecule has 17 heavy (non-hydrogen) atoms. The number of carboxylic acids is 1. The summed E-state index contributed by atoms with van der Waals surface area (Å²) in [5.74, 6) is -1.01. The molecule has 0 heterocycles. The lowest BCUT2D eigenvalue weighted by molar-refractivity contribution is -0.141. The maximum absolute atomic E-state index is 11.9. The molecule has 0 aromatic carbocycles. The second-order valence-electron chi connectivity index (χ2n) is 3.68. The smallest absolute Gasteiger partial charge is 0.326 e. The molecule has 6 heteroatoms. The number of amides is 2. The van der Waals surface area contributed by atoms with Gasteiger partial charge in [-0.15, -0.1) is 0 Å². The summed E-state index contributed by atoms with van der Waals surface area (Å²) in [6.07, 6.45) is 0. The molecular formula is C11H22N2O4. The van der Waals surface area contributed by atoms with Gasteiger partial charge in [-0.3, -0.25) is 0 Å². The summed E-state index contributed by atoms with van der Waals surface area (Å²) in [5, 5.41) is 8.83. The van der Waals surface area contributed by atoms with E-state index in [1.807, 2.05) is 13.8 Å². The molecular weight excluding hydrogens is 224 g/mol. The zero-order valence-electron chi connectivity index (χ0n) is 11.0. The van der Waals surface area contributed by atoms with E-state index in [2.05, 4.69) is 0 Å². The van der Waals surface area contributed by atoms with Crippen LogP contribution in [0.5, 0.6) is 0 Å². The quantitative estimate of drug-likeness (QED) is 0.677. The average molecular weight is 246 g/mol. The van der Waals surface area contributed by atoms with E-state index in [-0.39, 0.29) is 6.03 Å². The van der Waals surface area contributed by atoms with E-state index in [0.29, 0.717) is 26.3 Å². The van der Waals surface area contributed by atoms with Gasteiger partial charge in [0.15, 0.2) is 0 Å². The Kier molecular flexibility index (Phi) is 7.29. The minimum Gasteiger partial charge on any atom is -0.480 e. The summed E-state index contributed by atoms with van der Waals surface area (Å²) < 4.78 is 5.17. The highest BCUT2D eigenvalue weighted by atomic mass is 16.5. The van der Waals surface area contributed by atoms with E-state index in [1.54, 1.807) is 4.90 Å². The third kappa shape index (κ3) is 5.04. The van der Waals surface area contributed by atoms with Crippen LogP contribution >= 0.6 is 0 Å².